The van der Waals surface area contributed by atoms with Crippen LogP contribution < -0.4 is 10.6 Å². The monoisotopic (exact) mass is 266 g/mol. The van der Waals surface area contributed by atoms with Gasteiger partial charge < -0.3 is 20.5 Å². The molecule has 0 saturated heterocycles. The number of carbonyl (C=O) groups is 2. The van der Waals surface area contributed by atoms with E-state index in [1.165, 1.54) is 14.0 Å². The molecule has 0 bridgehead atoms. The average molecular weight is 266 g/mol. The van der Waals surface area contributed by atoms with Crippen LogP contribution >= 0.6 is 0 Å². The molecule has 104 valence electrons. The molecule has 0 radical (unpaired) electrons. The summed E-state index contributed by atoms with van der Waals surface area (Å²) >= 11 is 0. The second-order valence-corrected chi connectivity index (χ2v) is 4.07. The van der Waals surface area contributed by atoms with Crippen molar-refractivity contribution in [2.45, 2.75) is 13.0 Å². The zero-order chi connectivity index (χ0) is 14.3. The number of ether oxygens (including phenoxy) is 1. The van der Waals surface area contributed by atoms with Gasteiger partial charge >= 0.3 is 0 Å². The summed E-state index contributed by atoms with van der Waals surface area (Å²) in [7, 11) is 1.50. The highest BCUT2D eigenvalue weighted by molar-refractivity contribution is 5.95. The second kappa shape index (κ2) is 7.50. The van der Waals surface area contributed by atoms with Crippen molar-refractivity contribution in [1.82, 2.24) is 5.32 Å². The van der Waals surface area contributed by atoms with Gasteiger partial charge in [-0.25, -0.2) is 0 Å². The van der Waals surface area contributed by atoms with Gasteiger partial charge in [0.05, 0.1) is 19.3 Å². The van der Waals surface area contributed by atoms with E-state index in [9.17, 15) is 9.59 Å². The minimum atomic E-state index is -0.437. The zero-order valence-electron chi connectivity index (χ0n) is 11.0. The van der Waals surface area contributed by atoms with E-state index in [0.29, 0.717) is 11.3 Å². The molecule has 0 aromatic heterocycles. The van der Waals surface area contributed by atoms with Crippen molar-refractivity contribution in [3.05, 3.63) is 29.8 Å². The number of carbonyl (C=O) groups excluding carboxylic acids is 2. The molecule has 1 aromatic carbocycles. The summed E-state index contributed by atoms with van der Waals surface area (Å²) < 4.78 is 4.87. The van der Waals surface area contributed by atoms with Crippen LogP contribution in [-0.2, 0) is 9.53 Å². The Labute approximate surface area is 111 Å². The fraction of sp³-hybridized carbons (Fsp3) is 0.385. The number of anilines is 1. The van der Waals surface area contributed by atoms with Crippen molar-refractivity contribution < 1.29 is 19.4 Å². The molecule has 2 amide bonds. The normalized spacial score (nSPS) is 11.7. The molecular formula is C13H18N2O4. The number of methoxy groups -OCH3 is 1. The number of benzene rings is 1. The first-order chi connectivity index (χ1) is 9.06. The Kier molecular flexibility index (Phi) is 5.98. The van der Waals surface area contributed by atoms with Gasteiger partial charge in [-0.05, 0) is 24.3 Å². The maximum atomic E-state index is 11.9. The van der Waals surface area contributed by atoms with E-state index in [2.05, 4.69) is 10.6 Å². The highest BCUT2D eigenvalue weighted by atomic mass is 16.5. The Morgan fingerprint density at radius 3 is 2.42 bits per heavy atom. The molecule has 0 spiro atoms. The summed E-state index contributed by atoms with van der Waals surface area (Å²) in [6, 6.07) is 6.04. The van der Waals surface area contributed by atoms with Gasteiger partial charge in [0.1, 0.15) is 0 Å². The summed E-state index contributed by atoms with van der Waals surface area (Å²) in [5, 5.41) is 14.3. The van der Waals surface area contributed by atoms with Crippen LogP contribution in [-0.4, -0.2) is 43.3 Å². The van der Waals surface area contributed by atoms with Crippen molar-refractivity contribution >= 4 is 17.5 Å². The first kappa shape index (κ1) is 15.1. The van der Waals surface area contributed by atoms with Crippen LogP contribution in [0, 0.1) is 0 Å². The Balaban J connectivity index is 2.64. The number of hydrogen-bond acceptors (Lipinski definition) is 4. The van der Waals surface area contributed by atoms with Crippen LogP contribution in [0.2, 0.25) is 0 Å². The summed E-state index contributed by atoms with van der Waals surface area (Å²) in [5.41, 5.74) is 1.07. The lowest BCUT2D eigenvalue weighted by atomic mass is 10.2. The van der Waals surface area contributed by atoms with Crippen LogP contribution in [0.5, 0.6) is 0 Å². The number of rotatable bonds is 6. The molecule has 0 heterocycles. The predicted octanol–water partition coefficient (Wildman–Crippen LogP) is 0.382. The van der Waals surface area contributed by atoms with Crippen LogP contribution in [0.15, 0.2) is 24.3 Å². The first-order valence-corrected chi connectivity index (χ1v) is 5.85. The molecule has 19 heavy (non-hydrogen) atoms. The predicted molar refractivity (Wildman–Crippen MR) is 71.0 cm³/mol. The Morgan fingerprint density at radius 2 is 1.95 bits per heavy atom. The van der Waals surface area contributed by atoms with Gasteiger partial charge in [0.2, 0.25) is 5.91 Å². The molecule has 1 unspecified atom stereocenters. The Morgan fingerprint density at radius 1 is 1.32 bits per heavy atom. The minimum absolute atomic E-state index is 0.169. The van der Waals surface area contributed by atoms with Gasteiger partial charge in [0.25, 0.3) is 5.91 Å². The number of nitrogens with one attached hydrogen (secondary N) is 2. The summed E-state index contributed by atoms with van der Waals surface area (Å²) in [5.74, 6) is -0.469. The molecule has 1 aromatic rings. The molecule has 0 aliphatic carbocycles. The zero-order valence-corrected chi connectivity index (χ0v) is 11.0. The number of aliphatic hydroxyl groups is 1. The number of aliphatic hydroxyl groups excluding tert-OH is 1. The highest BCUT2D eigenvalue weighted by Gasteiger charge is 2.12. The average Bonchev–Trinajstić information content (AvgIpc) is 2.38. The van der Waals surface area contributed by atoms with Crippen LogP contribution in [0.4, 0.5) is 5.69 Å². The van der Waals surface area contributed by atoms with Crippen LogP contribution in [0.3, 0.4) is 0 Å². The fourth-order valence-corrected chi connectivity index (χ4v) is 1.52. The maximum absolute atomic E-state index is 11.9. The molecule has 3 N–H and O–H groups in total. The van der Waals surface area contributed by atoms with Gasteiger partial charge in [-0.1, -0.05) is 0 Å². The van der Waals surface area contributed by atoms with E-state index in [-0.39, 0.29) is 25.0 Å². The topological polar surface area (TPSA) is 87.7 Å². The van der Waals surface area contributed by atoms with E-state index >= 15 is 0 Å². The lowest BCUT2D eigenvalue weighted by Crippen LogP contribution is -2.40. The lowest BCUT2D eigenvalue weighted by Gasteiger charge is -2.15. The largest absolute Gasteiger partial charge is 0.394 e. The van der Waals surface area contributed by atoms with Crippen molar-refractivity contribution in [2.24, 2.45) is 0 Å². The summed E-state index contributed by atoms with van der Waals surface area (Å²) in [4.78, 5) is 22.7. The molecule has 0 aliphatic heterocycles. The van der Waals surface area contributed by atoms with E-state index in [1.807, 2.05) is 0 Å². The van der Waals surface area contributed by atoms with Crippen LogP contribution in [0.1, 0.15) is 17.3 Å². The van der Waals surface area contributed by atoms with Crippen molar-refractivity contribution in [3.8, 4) is 0 Å². The van der Waals surface area contributed by atoms with Gasteiger partial charge in [-0.3, -0.25) is 9.59 Å². The third kappa shape index (κ3) is 5.07. The third-order valence-electron chi connectivity index (χ3n) is 2.39. The molecule has 0 saturated carbocycles. The number of amides is 2. The van der Waals surface area contributed by atoms with E-state index in [1.54, 1.807) is 24.3 Å². The molecule has 1 rings (SSSR count). The van der Waals surface area contributed by atoms with E-state index in [4.69, 9.17) is 9.84 Å². The van der Waals surface area contributed by atoms with Gasteiger partial charge in [0.15, 0.2) is 0 Å². The summed E-state index contributed by atoms with van der Waals surface area (Å²) in [6.07, 6.45) is 0. The van der Waals surface area contributed by atoms with Crippen molar-refractivity contribution in [3.63, 3.8) is 0 Å². The minimum Gasteiger partial charge on any atom is -0.394 e. The SMILES string of the molecule is COCC(CO)NC(=O)c1ccc(NC(C)=O)cc1. The highest BCUT2D eigenvalue weighted by Crippen LogP contribution is 2.09. The molecule has 6 heteroatoms. The van der Waals surface area contributed by atoms with Crippen molar-refractivity contribution in [1.29, 1.82) is 0 Å². The Hall–Kier alpha value is -1.92. The van der Waals surface area contributed by atoms with Gasteiger partial charge in [0, 0.05) is 25.3 Å². The molecule has 1 atom stereocenters. The van der Waals surface area contributed by atoms with Gasteiger partial charge in [-0.2, -0.15) is 0 Å². The van der Waals surface area contributed by atoms with Crippen molar-refractivity contribution in [2.75, 3.05) is 25.6 Å². The Bertz CT molecular complexity index is 431. The maximum Gasteiger partial charge on any atom is 0.251 e. The van der Waals surface area contributed by atoms with E-state index in [0.717, 1.165) is 0 Å². The smallest absolute Gasteiger partial charge is 0.251 e. The molecule has 0 aliphatic rings. The molecular weight excluding hydrogens is 248 g/mol. The molecule has 6 nitrogen and oxygen atoms in total. The second-order valence-electron chi connectivity index (χ2n) is 4.07. The number of hydrogen-bond donors (Lipinski definition) is 3. The van der Waals surface area contributed by atoms with Gasteiger partial charge in [-0.15, -0.1) is 0 Å². The third-order valence-corrected chi connectivity index (χ3v) is 2.39. The first-order valence-electron chi connectivity index (χ1n) is 5.85. The standard InChI is InChI=1S/C13H18N2O4/c1-9(17)14-11-5-3-10(4-6-11)13(18)15-12(7-16)8-19-2/h3-6,12,16H,7-8H2,1-2H3,(H,14,17)(H,15,18). The lowest BCUT2D eigenvalue weighted by molar-refractivity contribution is -0.114. The summed E-state index contributed by atoms with van der Waals surface area (Å²) in [6.45, 7) is 1.47. The van der Waals surface area contributed by atoms with Crippen LogP contribution in [0.25, 0.3) is 0 Å². The quantitative estimate of drug-likeness (QED) is 0.694. The molecule has 0 fully saturated rings. The van der Waals surface area contributed by atoms with E-state index < -0.39 is 6.04 Å². The fourth-order valence-electron chi connectivity index (χ4n) is 1.52.